The van der Waals surface area contributed by atoms with Crippen molar-refractivity contribution in [1.82, 2.24) is 4.57 Å². The third-order valence-corrected chi connectivity index (χ3v) is 7.81. The number of aromatic nitrogens is 1. The molecule has 0 N–H and O–H groups in total. The zero-order chi connectivity index (χ0) is 28.3. The third kappa shape index (κ3) is 5.57. The Balaban J connectivity index is 2.01. The largest absolute Gasteiger partial charge is 0.497 e. The van der Waals surface area contributed by atoms with Crippen LogP contribution in [0.3, 0.4) is 0 Å². The van der Waals surface area contributed by atoms with Crippen molar-refractivity contribution in [2.24, 2.45) is 4.99 Å². The standard InChI is InChI=1S/C31H36N2O5S/c1-8-11-24-27(30(35)38-9-2)28(20-12-10-13-22(15-20)36-6)33-29(34)26(39-31(33)32-24)17-21-16-23(18(3)4)25(37-7)14-19(21)5/h10,12-18,28H,8-9,11H2,1-7H3/b26-17+/t28-/m1/s1. The minimum atomic E-state index is -0.678. The van der Waals surface area contributed by atoms with Crippen LogP contribution in [0.1, 0.15) is 74.8 Å². The van der Waals surface area contributed by atoms with Gasteiger partial charge in [-0.05, 0) is 78.8 Å². The van der Waals surface area contributed by atoms with E-state index in [1.54, 1.807) is 25.7 Å². The summed E-state index contributed by atoms with van der Waals surface area (Å²) >= 11 is 1.33. The highest BCUT2D eigenvalue weighted by molar-refractivity contribution is 7.07. The van der Waals surface area contributed by atoms with Crippen LogP contribution in [-0.2, 0) is 9.53 Å². The first-order chi connectivity index (χ1) is 18.7. The number of rotatable bonds is 9. The summed E-state index contributed by atoms with van der Waals surface area (Å²) in [5.41, 5.74) is 4.63. The lowest BCUT2D eigenvalue weighted by molar-refractivity contribution is -0.139. The van der Waals surface area contributed by atoms with E-state index in [0.29, 0.717) is 32.8 Å². The fourth-order valence-corrected chi connectivity index (χ4v) is 5.90. The lowest BCUT2D eigenvalue weighted by atomic mass is 9.94. The van der Waals surface area contributed by atoms with Crippen LogP contribution in [-0.4, -0.2) is 31.4 Å². The number of carbonyl (C=O) groups excluding carboxylic acids is 1. The SMILES string of the molecule is CCCC1=C(C(=O)OCC)[C@@H](c2cccc(OC)c2)n2c(s/c(=C/c3cc(C(C)C)c(OC)cc3C)c2=O)=N1. The Bertz CT molecular complexity index is 1600. The van der Waals surface area contributed by atoms with Crippen molar-refractivity contribution in [3.8, 4) is 11.5 Å². The van der Waals surface area contributed by atoms with Gasteiger partial charge in [0.05, 0.1) is 42.7 Å². The molecule has 0 saturated carbocycles. The lowest BCUT2D eigenvalue weighted by Crippen LogP contribution is -2.40. The van der Waals surface area contributed by atoms with Crippen molar-refractivity contribution in [2.75, 3.05) is 20.8 Å². The number of carbonyl (C=O) groups is 1. The molecule has 3 aromatic rings. The molecule has 1 aromatic heterocycles. The maximum atomic E-state index is 14.1. The van der Waals surface area contributed by atoms with E-state index in [1.165, 1.54) is 11.3 Å². The van der Waals surface area contributed by atoms with Crippen molar-refractivity contribution in [3.05, 3.63) is 89.6 Å². The van der Waals surface area contributed by atoms with Gasteiger partial charge in [-0.15, -0.1) is 0 Å². The van der Waals surface area contributed by atoms with Gasteiger partial charge in [-0.25, -0.2) is 9.79 Å². The normalized spacial score (nSPS) is 15.3. The number of hydrogen-bond donors (Lipinski definition) is 0. The molecule has 4 rings (SSSR count). The second-order valence-electron chi connectivity index (χ2n) is 9.80. The van der Waals surface area contributed by atoms with Gasteiger partial charge in [0.2, 0.25) is 0 Å². The predicted octanol–water partition coefficient (Wildman–Crippen LogP) is 5.03. The van der Waals surface area contributed by atoms with Crippen molar-refractivity contribution in [1.29, 1.82) is 0 Å². The van der Waals surface area contributed by atoms with E-state index in [2.05, 4.69) is 19.9 Å². The van der Waals surface area contributed by atoms with E-state index in [0.717, 1.165) is 34.4 Å². The van der Waals surface area contributed by atoms with E-state index < -0.39 is 12.0 Å². The number of methoxy groups -OCH3 is 2. The number of nitrogens with zero attached hydrogens (tertiary/aromatic N) is 2. The summed E-state index contributed by atoms with van der Waals surface area (Å²) in [6.07, 6.45) is 3.31. The molecule has 0 aliphatic carbocycles. The molecule has 1 atom stereocenters. The minimum absolute atomic E-state index is 0.203. The first-order valence-corrected chi connectivity index (χ1v) is 14.1. The molecule has 2 aromatic carbocycles. The van der Waals surface area contributed by atoms with Crippen LogP contribution in [0.2, 0.25) is 0 Å². The summed E-state index contributed by atoms with van der Waals surface area (Å²) in [4.78, 5) is 32.8. The summed E-state index contributed by atoms with van der Waals surface area (Å²) < 4.78 is 18.7. The molecule has 1 aliphatic heterocycles. The third-order valence-electron chi connectivity index (χ3n) is 6.83. The van der Waals surface area contributed by atoms with Gasteiger partial charge in [0.15, 0.2) is 4.80 Å². The lowest BCUT2D eigenvalue weighted by Gasteiger charge is -2.26. The van der Waals surface area contributed by atoms with Crippen LogP contribution in [0.15, 0.2) is 57.5 Å². The Morgan fingerprint density at radius 3 is 2.56 bits per heavy atom. The average molecular weight is 549 g/mol. The number of fused-ring (bicyclic) bond motifs is 1. The van der Waals surface area contributed by atoms with Crippen molar-refractivity contribution >= 4 is 23.4 Å². The zero-order valence-electron chi connectivity index (χ0n) is 23.7. The summed E-state index contributed by atoms with van der Waals surface area (Å²) in [6.45, 7) is 10.3. The van der Waals surface area contributed by atoms with Gasteiger partial charge in [-0.1, -0.05) is 50.7 Å². The second-order valence-corrected chi connectivity index (χ2v) is 10.8. The summed E-state index contributed by atoms with van der Waals surface area (Å²) in [7, 11) is 3.27. The minimum Gasteiger partial charge on any atom is -0.497 e. The monoisotopic (exact) mass is 548 g/mol. The number of ether oxygens (including phenoxy) is 3. The fourth-order valence-electron chi connectivity index (χ4n) is 4.89. The van der Waals surface area contributed by atoms with Crippen molar-refractivity contribution in [3.63, 3.8) is 0 Å². The Hall–Kier alpha value is -3.65. The van der Waals surface area contributed by atoms with Crippen LogP contribution in [0.25, 0.3) is 6.08 Å². The van der Waals surface area contributed by atoms with Gasteiger partial charge in [0.1, 0.15) is 11.5 Å². The van der Waals surface area contributed by atoms with Crippen LogP contribution >= 0.6 is 11.3 Å². The molecule has 0 bridgehead atoms. The molecule has 8 heteroatoms. The maximum absolute atomic E-state index is 14.1. The summed E-state index contributed by atoms with van der Waals surface area (Å²) in [5.74, 6) is 1.27. The number of thiazole rings is 1. The number of aryl methyl sites for hydroxylation is 1. The van der Waals surface area contributed by atoms with E-state index in [-0.39, 0.29) is 18.1 Å². The molecule has 0 radical (unpaired) electrons. The highest BCUT2D eigenvalue weighted by Crippen LogP contribution is 2.34. The quantitative estimate of drug-likeness (QED) is 0.351. The number of allylic oxidation sites excluding steroid dienone is 1. The summed E-state index contributed by atoms with van der Waals surface area (Å²) in [6, 6.07) is 10.9. The maximum Gasteiger partial charge on any atom is 0.338 e. The van der Waals surface area contributed by atoms with Gasteiger partial charge >= 0.3 is 5.97 Å². The molecule has 206 valence electrons. The van der Waals surface area contributed by atoms with Gasteiger partial charge < -0.3 is 14.2 Å². The molecule has 39 heavy (non-hydrogen) atoms. The van der Waals surface area contributed by atoms with Crippen LogP contribution in [0.4, 0.5) is 0 Å². The van der Waals surface area contributed by atoms with E-state index in [9.17, 15) is 9.59 Å². The first kappa shape index (κ1) is 28.4. The average Bonchev–Trinajstić information content (AvgIpc) is 3.23. The topological polar surface area (TPSA) is 79.1 Å². The Kier molecular flexibility index (Phi) is 8.75. The highest BCUT2D eigenvalue weighted by atomic mass is 32.1. The zero-order valence-corrected chi connectivity index (χ0v) is 24.5. The number of esters is 1. The summed E-state index contributed by atoms with van der Waals surface area (Å²) in [5, 5.41) is 0. The van der Waals surface area contributed by atoms with Crippen LogP contribution < -0.4 is 24.4 Å². The fraction of sp³-hybridized carbons (Fsp3) is 0.387. The van der Waals surface area contributed by atoms with Gasteiger partial charge in [0.25, 0.3) is 5.56 Å². The molecule has 0 saturated heterocycles. The Labute approximate surface area is 233 Å². The van der Waals surface area contributed by atoms with Gasteiger partial charge in [-0.3, -0.25) is 9.36 Å². The van der Waals surface area contributed by atoms with E-state index in [4.69, 9.17) is 19.2 Å². The molecule has 1 aliphatic rings. The Morgan fingerprint density at radius 1 is 1.15 bits per heavy atom. The van der Waals surface area contributed by atoms with Crippen LogP contribution in [0.5, 0.6) is 11.5 Å². The Morgan fingerprint density at radius 2 is 1.92 bits per heavy atom. The van der Waals surface area contributed by atoms with Crippen molar-refractivity contribution < 1.29 is 19.0 Å². The number of hydrogen-bond acceptors (Lipinski definition) is 7. The molecule has 0 unspecified atom stereocenters. The highest BCUT2D eigenvalue weighted by Gasteiger charge is 2.34. The van der Waals surface area contributed by atoms with Crippen LogP contribution in [0, 0.1) is 6.92 Å². The molecule has 0 spiro atoms. The number of benzene rings is 2. The molecule has 0 fully saturated rings. The van der Waals surface area contributed by atoms with E-state index >= 15 is 0 Å². The molecule has 0 amide bonds. The smallest absolute Gasteiger partial charge is 0.338 e. The molecule has 2 heterocycles. The molecular formula is C31H36N2O5S. The van der Waals surface area contributed by atoms with Crippen molar-refractivity contribution in [2.45, 2.75) is 59.4 Å². The second kappa shape index (κ2) is 12.0. The predicted molar refractivity (Wildman–Crippen MR) is 154 cm³/mol. The molecular weight excluding hydrogens is 512 g/mol. The van der Waals surface area contributed by atoms with Gasteiger partial charge in [0, 0.05) is 0 Å². The molecule has 7 nitrogen and oxygen atoms in total. The van der Waals surface area contributed by atoms with Gasteiger partial charge in [-0.2, -0.15) is 0 Å². The first-order valence-electron chi connectivity index (χ1n) is 13.3. The van der Waals surface area contributed by atoms with E-state index in [1.807, 2.05) is 50.3 Å².